The molecule has 2 aliphatic rings. The van der Waals surface area contributed by atoms with Gasteiger partial charge in [-0.05, 0) is 42.9 Å². The number of aliphatic carboxylic acids is 1. The van der Waals surface area contributed by atoms with E-state index >= 15 is 0 Å². The zero-order valence-electron chi connectivity index (χ0n) is 21.3. The first-order valence-electron chi connectivity index (χ1n) is 12.4. The molecule has 1 aromatic carbocycles. The van der Waals surface area contributed by atoms with Crippen molar-refractivity contribution >= 4 is 35.3 Å². The number of carbonyl (C=O) groups is 3. The summed E-state index contributed by atoms with van der Waals surface area (Å²) in [5, 5.41) is 21.0. The molecular formula is C25H38N6O5. The van der Waals surface area contributed by atoms with Crippen molar-refractivity contribution in [3.63, 3.8) is 0 Å². The van der Waals surface area contributed by atoms with E-state index in [1.807, 2.05) is 39.0 Å². The van der Waals surface area contributed by atoms with Crippen molar-refractivity contribution in [3.05, 3.63) is 24.3 Å². The number of hydrogen-bond donors (Lipinski definition) is 5. The van der Waals surface area contributed by atoms with Crippen LogP contribution in [0.3, 0.4) is 0 Å². The number of alkyl carbamates (subject to hydrolysis) is 1. The van der Waals surface area contributed by atoms with Gasteiger partial charge in [-0.2, -0.15) is 0 Å². The summed E-state index contributed by atoms with van der Waals surface area (Å²) in [6.07, 6.45) is 1.51. The first-order valence-corrected chi connectivity index (χ1v) is 12.4. The number of nitrogens with zero attached hydrogens (tertiary/aromatic N) is 2. The largest absolute Gasteiger partial charge is 0.480 e. The van der Waals surface area contributed by atoms with E-state index in [4.69, 9.17) is 4.74 Å². The number of nitrogens with one attached hydrogen (secondary N) is 4. The zero-order chi connectivity index (χ0) is 26.1. The Kier molecular flexibility index (Phi) is 9.38. The molecule has 0 aliphatic carbocycles. The second kappa shape index (κ2) is 12.5. The number of piperidine rings is 1. The van der Waals surface area contributed by atoms with Crippen molar-refractivity contribution < 1.29 is 24.2 Å². The molecule has 2 aliphatic heterocycles. The minimum Gasteiger partial charge on any atom is -0.480 e. The van der Waals surface area contributed by atoms with Crippen molar-refractivity contribution in [2.24, 2.45) is 16.3 Å². The Labute approximate surface area is 212 Å². The summed E-state index contributed by atoms with van der Waals surface area (Å²) in [6, 6.07) is 6.84. The topological polar surface area (TPSA) is 144 Å². The fraction of sp³-hybridized carbons (Fsp3) is 0.600. The third kappa shape index (κ3) is 8.62. The highest BCUT2D eigenvalue weighted by Gasteiger charge is 2.28. The highest BCUT2D eigenvalue weighted by molar-refractivity contribution is 5.94. The number of amides is 2. The van der Waals surface area contributed by atoms with E-state index in [0.717, 1.165) is 36.8 Å². The van der Waals surface area contributed by atoms with Gasteiger partial charge in [-0.25, -0.2) is 9.59 Å². The van der Waals surface area contributed by atoms with Crippen LogP contribution in [0.25, 0.3) is 0 Å². The van der Waals surface area contributed by atoms with Crippen LogP contribution >= 0.6 is 0 Å². The number of anilines is 2. The summed E-state index contributed by atoms with van der Waals surface area (Å²) >= 11 is 0. The molecule has 1 atom stereocenters. The number of carboxylic acids is 1. The number of aliphatic imine (C=N–C) groups is 1. The summed E-state index contributed by atoms with van der Waals surface area (Å²) in [6.45, 7) is 8.79. The van der Waals surface area contributed by atoms with Gasteiger partial charge in [-0.3, -0.25) is 9.79 Å². The molecule has 198 valence electrons. The monoisotopic (exact) mass is 502 g/mol. The molecule has 1 fully saturated rings. The second-order valence-corrected chi connectivity index (χ2v) is 10.4. The Morgan fingerprint density at radius 3 is 2.64 bits per heavy atom. The molecule has 0 aromatic heterocycles. The van der Waals surface area contributed by atoms with E-state index in [2.05, 4.69) is 37.2 Å². The SMILES string of the molecule is CC(C)(C)COC(=O)N[C@@H](CNC(=O)C1CCN(c2cccc(NC3=NCCCN3)c2)CC1)C(=O)O. The number of hydrogen-bond acceptors (Lipinski definition) is 8. The zero-order valence-corrected chi connectivity index (χ0v) is 21.3. The minimum absolute atomic E-state index is 0.153. The smallest absolute Gasteiger partial charge is 0.407 e. The fourth-order valence-corrected chi connectivity index (χ4v) is 3.95. The molecule has 0 radical (unpaired) electrons. The van der Waals surface area contributed by atoms with Crippen molar-refractivity contribution in [2.75, 3.05) is 49.5 Å². The number of guanidine groups is 1. The van der Waals surface area contributed by atoms with Gasteiger partial charge in [0.25, 0.3) is 0 Å². The van der Waals surface area contributed by atoms with Gasteiger partial charge < -0.3 is 36.0 Å². The summed E-state index contributed by atoms with van der Waals surface area (Å²) in [5.41, 5.74) is 1.78. The highest BCUT2D eigenvalue weighted by atomic mass is 16.5. The third-order valence-electron chi connectivity index (χ3n) is 5.94. The van der Waals surface area contributed by atoms with Crippen molar-refractivity contribution in [2.45, 2.75) is 46.1 Å². The number of carboxylic acid groups (broad SMARTS) is 1. The summed E-state index contributed by atoms with van der Waals surface area (Å²) in [5.74, 6) is -0.876. The average molecular weight is 503 g/mol. The van der Waals surface area contributed by atoms with Gasteiger partial charge >= 0.3 is 12.1 Å². The Hall–Kier alpha value is -3.50. The van der Waals surface area contributed by atoms with Crippen LogP contribution in [0.5, 0.6) is 0 Å². The molecule has 11 heteroatoms. The molecule has 36 heavy (non-hydrogen) atoms. The van der Waals surface area contributed by atoms with E-state index in [1.54, 1.807) is 0 Å². The quantitative estimate of drug-likeness (QED) is 0.363. The molecule has 2 heterocycles. The lowest BCUT2D eigenvalue weighted by Crippen LogP contribution is -2.50. The molecule has 5 N–H and O–H groups in total. The predicted octanol–water partition coefficient (Wildman–Crippen LogP) is 2.01. The van der Waals surface area contributed by atoms with Crippen molar-refractivity contribution in [3.8, 4) is 0 Å². The average Bonchev–Trinajstić information content (AvgIpc) is 2.85. The van der Waals surface area contributed by atoms with Crippen LogP contribution in [0.2, 0.25) is 0 Å². The molecule has 0 bridgehead atoms. The molecule has 3 rings (SSSR count). The maximum absolute atomic E-state index is 12.7. The second-order valence-electron chi connectivity index (χ2n) is 10.4. The summed E-state index contributed by atoms with van der Waals surface area (Å²) < 4.78 is 5.07. The number of carbonyl (C=O) groups excluding carboxylic acids is 2. The van der Waals surface area contributed by atoms with E-state index in [1.165, 1.54) is 0 Å². The predicted molar refractivity (Wildman–Crippen MR) is 138 cm³/mol. The minimum atomic E-state index is -1.26. The number of benzene rings is 1. The van der Waals surface area contributed by atoms with Gasteiger partial charge in [0.15, 0.2) is 5.96 Å². The Balaban J connectivity index is 1.45. The maximum Gasteiger partial charge on any atom is 0.407 e. The van der Waals surface area contributed by atoms with E-state index in [-0.39, 0.29) is 30.4 Å². The molecule has 1 saturated heterocycles. The third-order valence-corrected chi connectivity index (χ3v) is 5.94. The number of rotatable bonds is 8. The molecule has 0 spiro atoms. The van der Waals surface area contributed by atoms with Gasteiger partial charge in [0.2, 0.25) is 5.91 Å². The van der Waals surface area contributed by atoms with Crippen LogP contribution in [0, 0.1) is 11.3 Å². The lowest BCUT2D eigenvalue weighted by Gasteiger charge is -2.33. The lowest BCUT2D eigenvalue weighted by atomic mass is 9.95. The first-order chi connectivity index (χ1) is 17.1. The van der Waals surface area contributed by atoms with Gasteiger partial charge in [-0.15, -0.1) is 0 Å². The molecule has 0 saturated carbocycles. The number of ether oxygens (including phenoxy) is 1. The van der Waals surface area contributed by atoms with Crippen LogP contribution in [0.15, 0.2) is 29.3 Å². The Bertz CT molecular complexity index is 953. The van der Waals surface area contributed by atoms with Crippen LogP contribution in [-0.2, 0) is 14.3 Å². The van der Waals surface area contributed by atoms with Crippen LogP contribution in [-0.4, -0.2) is 74.4 Å². The maximum atomic E-state index is 12.7. The standard InChI is InChI=1S/C25H38N6O5/c1-25(2,3)16-36-24(35)30-20(22(33)34)15-28-21(32)17-8-12-31(13-9-17)19-7-4-6-18(14-19)29-23-26-10-5-11-27-23/h4,6-7,14,17,20H,5,8-13,15-16H2,1-3H3,(H,28,32)(H,30,35)(H,33,34)(H2,26,27,29)/t20-/m0/s1. The van der Waals surface area contributed by atoms with Gasteiger partial charge in [-0.1, -0.05) is 26.8 Å². The molecular weight excluding hydrogens is 464 g/mol. The van der Waals surface area contributed by atoms with E-state index < -0.39 is 18.1 Å². The van der Waals surface area contributed by atoms with E-state index in [9.17, 15) is 19.5 Å². The van der Waals surface area contributed by atoms with Gasteiger partial charge in [0.05, 0.1) is 6.61 Å². The first kappa shape index (κ1) is 27.1. The van der Waals surface area contributed by atoms with Crippen molar-refractivity contribution in [1.82, 2.24) is 16.0 Å². The van der Waals surface area contributed by atoms with E-state index in [0.29, 0.717) is 25.9 Å². The fourth-order valence-electron chi connectivity index (χ4n) is 3.95. The van der Waals surface area contributed by atoms with Crippen molar-refractivity contribution in [1.29, 1.82) is 0 Å². The molecule has 2 amide bonds. The summed E-state index contributed by atoms with van der Waals surface area (Å²) in [4.78, 5) is 42.8. The van der Waals surface area contributed by atoms with Crippen LogP contribution in [0.4, 0.5) is 16.2 Å². The lowest BCUT2D eigenvalue weighted by molar-refractivity contribution is -0.139. The van der Waals surface area contributed by atoms with Crippen LogP contribution < -0.4 is 26.2 Å². The van der Waals surface area contributed by atoms with Gasteiger partial charge in [0, 0.05) is 50.0 Å². The molecule has 1 aromatic rings. The van der Waals surface area contributed by atoms with Gasteiger partial charge in [0.1, 0.15) is 6.04 Å². The normalized spacial score (nSPS) is 17.3. The summed E-state index contributed by atoms with van der Waals surface area (Å²) in [7, 11) is 0. The Morgan fingerprint density at radius 1 is 1.25 bits per heavy atom. The molecule has 0 unspecified atom stereocenters. The highest BCUT2D eigenvalue weighted by Crippen LogP contribution is 2.25. The molecule has 11 nitrogen and oxygen atoms in total. The Morgan fingerprint density at radius 2 is 2.00 bits per heavy atom. The van der Waals surface area contributed by atoms with Crippen LogP contribution in [0.1, 0.15) is 40.0 Å².